The molecule has 1 N–H and O–H groups in total. The minimum absolute atomic E-state index is 0.0178. The van der Waals surface area contributed by atoms with Crippen LogP contribution >= 0.6 is 0 Å². The number of imide groups is 1. The zero-order valence-corrected chi connectivity index (χ0v) is 11.6. The molecule has 1 saturated heterocycles. The number of carbonyl (C=O) groups is 3. The van der Waals surface area contributed by atoms with Crippen LogP contribution in [0.5, 0.6) is 0 Å². The summed E-state index contributed by atoms with van der Waals surface area (Å²) in [6, 6.07) is 3.03. The van der Waals surface area contributed by atoms with Gasteiger partial charge in [0.1, 0.15) is 0 Å². The van der Waals surface area contributed by atoms with Crippen molar-refractivity contribution in [3.8, 4) is 0 Å². The first-order valence-corrected chi connectivity index (χ1v) is 8.08. The molecule has 2 heterocycles. The fraction of sp³-hybridized carbons (Fsp3) is 0.308. The molecule has 0 bridgehead atoms. The second-order valence-corrected chi connectivity index (χ2v) is 7.33. The van der Waals surface area contributed by atoms with Crippen LogP contribution in [-0.2, 0) is 9.84 Å². The molecule has 1 atom stereocenters. The Kier molecular flexibility index (Phi) is 2.87. The molecule has 1 aromatic rings. The van der Waals surface area contributed by atoms with E-state index in [0.717, 1.165) is 11.0 Å². The molecule has 0 spiro atoms. The molecule has 0 aliphatic carbocycles. The lowest BCUT2D eigenvalue weighted by Gasteiger charge is -2.20. The quantitative estimate of drug-likeness (QED) is 0.780. The van der Waals surface area contributed by atoms with Crippen molar-refractivity contribution < 1.29 is 27.9 Å². The number of nitrogens with zero attached hydrogens (tertiary/aromatic N) is 1. The van der Waals surface area contributed by atoms with E-state index in [1.54, 1.807) is 0 Å². The van der Waals surface area contributed by atoms with Crippen molar-refractivity contribution in [2.24, 2.45) is 0 Å². The van der Waals surface area contributed by atoms with Gasteiger partial charge in [-0.1, -0.05) is 0 Å². The monoisotopic (exact) mass is 309 g/mol. The van der Waals surface area contributed by atoms with E-state index < -0.39 is 33.7 Å². The van der Waals surface area contributed by atoms with Gasteiger partial charge < -0.3 is 5.11 Å². The van der Waals surface area contributed by atoms with E-state index in [1.165, 1.54) is 12.1 Å². The van der Waals surface area contributed by atoms with Crippen LogP contribution in [0.15, 0.2) is 18.2 Å². The number of carboxylic acid groups (broad SMARTS) is 1. The van der Waals surface area contributed by atoms with Crippen molar-refractivity contribution in [1.29, 1.82) is 0 Å². The number of hydrogen-bond donors (Lipinski definition) is 1. The van der Waals surface area contributed by atoms with Gasteiger partial charge in [0.2, 0.25) is 0 Å². The Morgan fingerprint density at radius 1 is 1.19 bits per heavy atom. The van der Waals surface area contributed by atoms with Crippen LogP contribution in [0.25, 0.3) is 0 Å². The molecular weight excluding hydrogens is 298 g/mol. The summed E-state index contributed by atoms with van der Waals surface area (Å²) in [6.45, 7) is 0. The van der Waals surface area contributed by atoms with Crippen LogP contribution in [0.3, 0.4) is 0 Å². The summed E-state index contributed by atoms with van der Waals surface area (Å²) in [5.74, 6) is -2.66. The maximum Gasteiger partial charge on any atom is 0.335 e. The van der Waals surface area contributed by atoms with Crippen molar-refractivity contribution >= 4 is 27.6 Å². The Bertz CT molecular complexity index is 782. The van der Waals surface area contributed by atoms with Crippen molar-refractivity contribution in [2.45, 2.75) is 12.5 Å². The van der Waals surface area contributed by atoms with Crippen molar-refractivity contribution in [1.82, 2.24) is 4.90 Å². The second-order valence-electron chi connectivity index (χ2n) is 5.10. The lowest BCUT2D eigenvalue weighted by atomic mass is 10.1. The summed E-state index contributed by atoms with van der Waals surface area (Å²) in [4.78, 5) is 36.4. The summed E-state index contributed by atoms with van der Waals surface area (Å²) in [6.07, 6.45) is 0.222. The van der Waals surface area contributed by atoms with Crippen LogP contribution in [0.4, 0.5) is 0 Å². The minimum atomic E-state index is -3.23. The van der Waals surface area contributed by atoms with Gasteiger partial charge in [-0.15, -0.1) is 0 Å². The van der Waals surface area contributed by atoms with Gasteiger partial charge in [0, 0.05) is 0 Å². The van der Waals surface area contributed by atoms with Crippen LogP contribution in [-0.4, -0.2) is 53.8 Å². The number of carbonyl (C=O) groups excluding carboxylic acids is 2. The molecule has 7 nitrogen and oxygen atoms in total. The number of amides is 2. The number of benzene rings is 1. The highest BCUT2D eigenvalue weighted by molar-refractivity contribution is 7.91. The normalized spacial score (nSPS) is 23.4. The molecule has 0 unspecified atom stereocenters. The largest absolute Gasteiger partial charge is 0.478 e. The molecule has 110 valence electrons. The van der Waals surface area contributed by atoms with E-state index in [-0.39, 0.29) is 34.6 Å². The van der Waals surface area contributed by atoms with Gasteiger partial charge in [-0.2, -0.15) is 0 Å². The molecule has 0 aromatic heterocycles. The second kappa shape index (κ2) is 4.39. The fourth-order valence-corrected chi connectivity index (χ4v) is 4.40. The predicted molar refractivity (Wildman–Crippen MR) is 71.0 cm³/mol. The van der Waals surface area contributed by atoms with Crippen molar-refractivity contribution in [3.05, 3.63) is 34.9 Å². The topological polar surface area (TPSA) is 109 Å². The first kappa shape index (κ1) is 13.7. The van der Waals surface area contributed by atoms with Gasteiger partial charge in [-0.05, 0) is 24.6 Å². The Hall–Kier alpha value is -2.22. The molecule has 2 aliphatic heterocycles. The lowest BCUT2D eigenvalue weighted by Crippen LogP contribution is -2.40. The lowest BCUT2D eigenvalue weighted by molar-refractivity contribution is 0.0600. The van der Waals surface area contributed by atoms with Gasteiger partial charge in [-0.3, -0.25) is 14.5 Å². The smallest absolute Gasteiger partial charge is 0.335 e. The fourth-order valence-electron chi connectivity index (χ4n) is 2.70. The molecule has 1 aromatic carbocycles. The number of hydrogen-bond acceptors (Lipinski definition) is 5. The van der Waals surface area contributed by atoms with E-state index in [0.29, 0.717) is 0 Å². The Labute approximate surface area is 120 Å². The molecule has 2 amide bonds. The first-order valence-electron chi connectivity index (χ1n) is 6.26. The summed E-state index contributed by atoms with van der Waals surface area (Å²) < 4.78 is 23.0. The SMILES string of the molecule is O=C(O)c1ccc2c(c1)C(=O)N([C@@H]1CCS(=O)(=O)C1)C2=O. The Balaban J connectivity index is 1.99. The van der Waals surface area contributed by atoms with Gasteiger partial charge in [0.05, 0.1) is 34.2 Å². The summed E-state index contributed by atoms with van der Waals surface area (Å²) in [7, 11) is -3.23. The van der Waals surface area contributed by atoms with E-state index in [1.807, 2.05) is 0 Å². The summed E-state index contributed by atoms with van der Waals surface area (Å²) in [5.41, 5.74) is 0.0503. The molecule has 0 saturated carbocycles. The molecule has 8 heteroatoms. The van der Waals surface area contributed by atoms with Crippen molar-refractivity contribution in [2.75, 3.05) is 11.5 Å². The average molecular weight is 309 g/mol. The zero-order valence-electron chi connectivity index (χ0n) is 10.8. The van der Waals surface area contributed by atoms with Crippen molar-refractivity contribution in [3.63, 3.8) is 0 Å². The van der Waals surface area contributed by atoms with Crippen LogP contribution in [0.2, 0.25) is 0 Å². The number of sulfone groups is 1. The Morgan fingerprint density at radius 2 is 1.86 bits per heavy atom. The summed E-state index contributed by atoms with van der Waals surface area (Å²) in [5, 5.41) is 8.93. The maximum atomic E-state index is 12.3. The highest BCUT2D eigenvalue weighted by atomic mass is 32.2. The van der Waals surface area contributed by atoms with E-state index in [2.05, 4.69) is 0 Å². The standard InChI is InChI=1S/C13H11NO6S/c15-11-9-2-1-7(13(17)18)5-10(9)12(16)14(11)8-3-4-21(19,20)6-8/h1-2,5,8H,3-4,6H2,(H,17,18)/t8-/m1/s1. The molecule has 3 rings (SSSR count). The Morgan fingerprint density at radius 3 is 2.43 bits per heavy atom. The third-order valence-electron chi connectivity index (χ3n) is 3.74. The van der Waals surface area contributed by atoms with Gasteiger partial charge in [0.25, 0.3) is 11.8 Å². The number of fused-ring (bicyclic) bond motifs is 1. The molecule has 0 radical (unpaired) electrons. The highest BCUT2D eigenvalue weighted by Crippen LogP contribution is 2.29. The van der Waals surface area contributed by atoms with Crippen LogP contribution in [0, 0.1) is 0 Å². The van der Waals surface area contributed by atoms with Gasteiger partial charge in [0.15, 0.2) is 9.84 Å². The number of aromatic carboxylic acids is 1. The molecule has 1 fully saturated rings. The maximum absolute atomic E-state index is 12.3. The third kappa shape index (κ3) is 2.11. The molecular formula is C13H11NO6S. The van der Waals surface area contributed by atoms with E-state index >= 15 is 0 Å². The summed E-state index contributed by atoms with van der Waals surface area (Å²) >= 11 is 0. The van der Waals surface area contributed by atoms with Crippen LogP contribution in [0.1, 0.15) is 37.5 Å². The number of rotatable bonds is 2. The minimum Gasteiger partial charge on any atom is -0.478 e. The van der Waals surface area contributed by atoms with Gasteiger partial charge >= 0.3 is 5.97 Å². The number of carboxylic acids is 1. The predicted octanol–water partition coefficient (Wildman–Crippen LogP) is 0.168. The van der Waals surface area contributed by atoms with Crippen LogP contribution < -0.4 is 0 Å². The molecule has 21 heavy (non-hydrogen) atoms. The van der Waals surface area contributed by atoms with E-state index in [4.69, 9.17) is 5.11 Å². The zero-order chi connectivity index (χ0) is 15.4. The highest BCUT2D eigenvalue weighted by Gasteiger charge is 2.44. The average Bonchev–Trinajstić information content (AvgIpc) is 2.88. The van der Waals surface area contributed by atoms with Gasteiger partial charge in [-0.25, -0.2) is 13.2 Å². The first-order chi connectivity index (χ1) is 9.80. The third-order valence-corrected chi connectivity index (χ3v) is 5.49. The molecule has 2 aliphatic rings. The van der Waals surface area contributed by atoms with E-state index in [9.17, 15) is 22.8 Å².